The van der Waals surface area contributed by atoms with Gasteiger partial charge in [0.05, 0.1) is 0 Å². The van der Waals surface area contributed by atoms with Crippen molar-refractivity contribution in [2.24, 2.45) is 5.84 Å². The molecule has 0 fully saturated rings. The van der Waals surface area contributed by atoms with Crippen molar-refractivity contribution in [1.29, 1.82) is 0 Å². The molecule has 0 aromatic heterocycles. The predicted octanol–water partition coefficient (Wildman–Crippen LogP) is -0.592. The maximum atomic E-state index is 11.1. The van der Waals surface area contributed by atoms with Crippen LogP contribution in [0.15, 0.2) is 24.4 Å². The normalized spacial score (nSPS) is 27.8. The molecule has 1 amide bonds. The number of allylic oxidation sites excluding steroid dienone is 2. The van der Waals surface area contributed by atoms with Gasteiger partial charge in [0.1, 0.15) is 5.54 Å². The second-order valence-electron chi connectivity index (χ2n) is 2.54. The number of amides is 1. The molecule has 0 saturated carbocycles. The van der Waals surface area contributed by atoms with E-state index in [1.165, 1.54) is 0 Å². The van der Waals surface area contributed by atoms with Gasteiger partial charge < -0.3 is 5.32 Å². The van der Waals surface area contributed by atoms with Gasteiger partial charge in [0.15, 0.2) is 0 Å². The van der Waals surface area contributed by atoms with Gasteiger partial charge in [0, 0.05) is 0 Å². The molecule has 0 aromatic rings. The second-order valence-corrected chi connectivity index (χ2v) is 2.54. The molecule has 0 aliphatic carbocycles. The first-order chi connectivity index (χ1) is 5.19. The Morgan fingerprint density at radius 2 is 2.36 bits per heavy atom. The molecule has 0 radical (unpaired) electrons. The molecule has 1 aliphatic heterocycles. The summed E-state index contributed by atoms with van der Waals surface area (Å²) < 4.78 is 0. The molecule has 1 aliphatic rings. The van der Waals surface area contributed by atoms with Crippen LogP contribution in [0.5, 0.6) is 0 Å². The number of hydrogen-bond acceptors (Lipinski definition) is 3. The van der Waals surface area contributed by atoms with E-state index in [1.54, 1.807) is 25.3 Å². The van der Waals surface area contributed by atoms with Crippen LogP contribution < -0.4 is 16.6 Å². The van der Waals surface area contributed by atoms with E-state index >= 15 is 0 Å². The zero-order chi connectivity index (χ0) is 8.32. The Morgan fingerprint density at radius 3 is 2.82 bits per heavy atom. The van der Waals surface area contributed by atoms with Gasteiger partial charge in [-0.05, 0) is 19.2 Å². The zero-order valence-electron chi connectivity index (χ0n) is 6.29. The van der Waals surface area contributed by atoms with Crippen LogP contribution >= 0.6 is 0 Å². The van der Waals surface area contributed by atoms with Crippen LogP contribution in [-0.4, -0.2) is 11.4 Å². The minimum Gasteiger partial charge on any atom is -0.374 e. The third kappa shape index (κ3) is 1.40. The number of nitrogens with one attached hydrogen (secondary N) is 2. The number of hydrogen-bond donors (Lipinski definition) is 3. The molecule has 0 saturated heterocycles. The maximum absolute atomic E-state index is 11.1. The van der Waals surface area contributed by atoms with Crippen LogP contribution in [0.2, 0.25) is 0 Å². The molecule has 60 valence electrons. The summed E-state index contributed by atoms with van der Waals surface area (Å²) in [6, 6.07) is 0. The van der Waals surface area contributed by atoms with Crippen molar-refractivity contribution in [3.63, 3.8) is 0 Å². The highest BCUT2D eigenvalue weighted by Gasteiger charge is 2.28. The van der Waals surface area contributed by atoms with Crippen LogP contribution in [0, 0.1) is 0 Å². The third-order valence-corrected chi connectivity index (χ3v) is 1.62. The Labute approximate surface area is 65.1 Å². The summed E-state index contributed by atoms with van der Waals surface area (Å²) in [5.74, 6) is 4.74. The minimum absolute atomic E-state index is 0.252. The minimum atomic E-state index is -0.705. The van der Waals surface area contributed by atoms with E-state index in [9.17, 15) is 4.79 Å². The van der Waals surface area contributed by atoms with Crippen molar-refractivity contribution in [3.8, 4) is 0 Å². The first-order valence-corrected chi connectivity index (χ1v) is 3.32. The summed E-state index contributed by atoms with van der Waals surface area (Å²) in [7, 11) is 0. The van der Waals surface area contributed by atoms with Crippen LogP contribution in [0.25, 0.3) is 0 Å². The summed E-state index contributed by atoms with van der Waals surface area (Å²) in [5, 5.41) is 2.89. The number of rotatable bonds is 1. The fourth-order valence-corrected chi connectivity index (χ4v) is 0.864. The predicted molar refractivity (Wildman–Crippen MR) is 42.2 cm³/mol. The number of carbonyl (C=O) groups excluding carboxylic acids is 1. The molecule has 1 heterocycles. The van der Waals surface area contributed by atoms with Crippen molar-refractivity contribution in [3.05, 3.63) is 24.4 Å². The molecule has 1 unspecified atom stereocenters. The molecule has 4 N–H and O–H groups in total. The summed E-state index contributed by atoms with van der Waals surface area (Å²) >= 11 is 0. The van der Waals surface area contributed by atoms with Gasteiger partial charge in [-0.2, -0.15) is 0 Å². The number of dihydropyridines is 1. The van der Waals surface area contributed by atoms with Crippen LogP contribution in [0.3, 0.4) is 0 Å². The lowest BCUT2D eigenvalue weighted by atomic mass is 9.99. The number of nitrogens with two attached hydrogens (primary N) is 1. The lowest BCUT2D eigenvalue weighted by Gasteiger charge is -2.25. The highest BCUT2D eigenvalue weighted by Crippen LogP contribution is 2.08. The Morgan fingerprint density at radius 1 is 1.64 bits per heavy atom. The van der Waals surface area contributed by atoms with Gasteiger partial charge in [-0.1, -0.05) is 12.2 Å². The summed E-state index contributed by atoms with van der Waals surface area (Å²) in [5.41, 5.74) is 1.38. The maximum Gasteiger partial charge on any atom is 0.263 e. The summed E-state index contributed by atoms with van der Waals surface area (Å²) in [6.45, 7) is 1.75. The fourth-order valence-electron chi connectivity index (χ4n) is 0.864. The van der Waals surface area contributed by atoms with Crippen molar-refractivity contribution in [2.45, 2.75) is 12.5 Å². The Kier molecular flexibility index (Phi) is 1.96. The molecule has 4 nitrogen and oxygen atoms in total. The number of hydrazine groups is 1. The van der Waals surface area contributed by atoms with E-state index in [0.717, 1.165) is 0 Å². The second kappa shape index (κ2) is 2.75. The van der Waals surface area contributed by atoms with Gasteiger partial charge >= 0.3 is 0 Å². The SMILES string of the molecule is CC1(C(=O)NN)C=CC=CN1. The molecular formula is C7H11N3O. The van der Waals surface area contributed by atoms with Gasteiger partial charge in [0.2, 0.25) is 0 Å². The van der Waals surface area contributed by atoms with Crippen LogP contribution in [0.4, 0.5) is 0 Å². The van der Waals surface area contributed by atoms with Gasteiger partial charge in [0.25, 0.3) is 5.91 Å². The standard InChI is InChI=1S/C7H11N3O/c1-7(6(11)10-8)4-2-3-5-9-7/h2-5,9H,8H2,1H3,(H,10,11). The van der Waals surface area contributed by atoms with Crippen LogP contribution in [0.1, 0.15) is 6.92 Å². The fraction of sp³-hybridized carbons (Fsp3) is 0.286. The van der Waals surface area contributed by atoms with Gasteiger partial charge in [-0.25, -0.2) is 5.84 Å². The van der Waals surface area contributed by atoms with E-state index in [2.05, 4.69) is 10.7 Å². The third-order valence-electron chi connectivity index (χ3n) is 1.62. The summed E-state index contributed by atoms with van der Waals surface area (Å²) in [4.78, 5) is 11.1. The topological polar surface area (TPSA) is 67.2 Å². The van der Waals surface area contributed by atoms with Crippen molar-refractivity contribution in [1.82, 2.24) is 10.7 Å². The monoisotopic (exact) mass is 153 g/mol. The molecule has 0 bridgehead atoms. The van der Waals surface area contributed by atoms with E-state index in [0.29, 0.717) is 0 Å². The highest BCUT2D eigenvalue weighted by atomic mass is 16.2. The lowest BCUT2D eigenvalue weighted by molar-refractivity contribution is -0.125. The molecular weight excluding hydrogens is 142 g/mol. The van der Waals surface area contributed by atoms with E-state index in [1.807, 2.05) is 6.08 Å². The average molecular weight is 153 g/mol. The van der Waals surface area contributed by atoms with Crippen molar-refractivity contribution in [2.75, 3.05) is 0 Å². The van der Waals surface area contributed by atoms with Crippen molar-refractivity contribution >= 4 is 5.91 Å². The molecule has 1 rings (SSSR count). The number of carbonyl (C=O) groups is 1. The summed E-state index contributed by atoms with van der Waals surface area (Å²) in [6.07, 6.45) is 7.06. The molecule has 11 heavy (non-hydrogen) atoms. The Balaban J connectivity index is 2.75. The molecule has 0 aromatic carbocycles. The van der Waals surface area contributed by atoms with E-state index in [4.69, 9.17) is 5.84 Å². The van der Waals surface area contributed by atoms with E-state index < -0.39 is 5.54 Å². The Bertz CT molecular complexity index is 222. The average Bonchev–Trinajstić information content (AvgIpc) is 2.04. The molecule has 0 spiro atoms. The first-order valence-electron chi connectivity index (χ1n) is 3.32. The van der Waals surface area contributed by atoms with Gasteiger partial charge in [-0.3, -0.25) is 10.2 Å². The molecule has 4 heteroatoms. The largest absolute Gasteiger partial charge is 0.374 e. The molecule has 1 atom stereocenters. The zero-order valence-corrected chi connectivity index (χ0v) is 6.29. The van der Waals surface area contributed by atoms with Crippen molar-refractivity contribution < 1.29 is 4.79 Å². The quantitative estimate of drug-likeness (QED) is 0.268. The van der Waals surface area contributed by atoms with Gasteiger partial charge in [-0.15, -0.1) is 0 Å². The lowest BCUT2D eigenvalue weighted by Crippen LogP contribution is -2.54. The smallest absolute Gasteiger partial charge is 0.263 e. The Hall–Kier alpha value is -1.29. The highest BCUT2D eigenvalue weighted by molar-refractivity contribution is 5.88. The van der Waals surface area contributed by atoms with E-state index in [-0.39, 0.29) is 5.91 Å². The first kappa shape index (κ1) is 7.81. The van der Waals surface area contributed by atoms with Crippen LogP contribution in [-0.2, 0) is 4.79 Å².